The van der Waals surface area contributed by atoms with Gasteiger partial charge >= 0.3 is 6.03 Å². The minimum atomic E-state index is -0.865. The minimum Gasteiger partial charge on any atom is -0.361 e. The summed E-state index contributed by atoms with van der Waals surface area (Å²) in [5, 5.41) is 8.53. The van der Waals surface area contributed by atoms with Gasteiger partial charge in [0.2, 0.25) is 5.91 Å². The fourth-order valence-corrected chi connectivity index (χ4v) is 4.74. The van der Waals surface area contributed by atoms with Gasteiger partial charge in [-0.15, -0.1) is 0 Å². The summed E-state index contributed by atoms with van der Waals surface area (Å²) in [7, 11) is 0. The average molecular weight is 550 g/mol. The normalized spacial score (nSPS) is 18.5. The smallest absolute Gasteiger partial charge is 0.319 e. The Kier molecular flexibility index (Phi) is 11.0. The number of Topliss-reactive ketones (excluding diaryl/α,β-unsaturated/α-hetero) is 2. The summed E-state index contributed by atoms with van der Waals surface area (Å²) in [4.78, 5) is 53.2. The van der Waals surface area contributed by atoms with Crippen LogP contribution in [0, 0.1) is 17.8 Å². The van der Waals surface area contributed by atoms with Crippen molar-refractivity contribution in [3.63, 3.8) is 0 Å². The van der Waals surface area contributed by atoms with Crippen molar-refractivity contribution in [1.82, 2.24) is 10.6 Å². The highest BCUT2D eigenvalue weighted by Crippen LogP contribution is 2.30. The van der Waals surface area contributed by atoms with Gasteiger partial charge in [-0.2, -0.15) is 0 Å². The molecule has 216 valence electrons. The van der Waals surface area contributed by atoms with Crippen LogP contribution in [-0.4, -0.2) is 47.8 Å². The van der Waals surface area contributed by atoms with Gasteiger partial charge in [0.25, 0.3) is 0 Å². The van der Waals surface area contributed by atoms with E-state index in [4.69, 9.17) is 4.74 Å². The summed E-state index contributed by atoms with van der Waals surface area (Å²) < 4.78 is 5.37. The van der Waals surface area contributed by atoms with E-state index >= 15 is 0 Å². The molecule has 0 unspecified atom stereocenters. The standard InChI is InChI=1S/C32H43N3O5/c1-21(2)16-26(35-31(39)33-25-14-10-7-11-15-25)28(36)19-24(18-23-12-8-6-9-13-23)30(38)34-27(17-22(3)4)29(37)32(5)20-40-32/h6-15,21-22,24,26-27H,16-20H2,1-5H3,(H,34,38)(H2,33,35,39)/t24-,26+,27+,32-/m1/s1. The molecule has 1 aliphatic rings. The highest BCUT2D eigenvalue weighted by Gasteiger charge is 2.50. The summed E-state index contributed by atoms with van der Waals surface area (Å²) in [6, 6.07) is 16.6. The first-order valence-electron chi connectivity index (χ1n) is 14.1. The van der Waals surface area contributed by atoms with Crippen molar-refractivity contribution < 1.29 is 23.9 Å². The van der Waals surface area contributed by atoms with Gasteiger partial charge in [-0.25, -0.2) is 4.79 Å². The molecule has 1 fully saturated rings. The number of rotatable bonds is 15. The molecule has 1 saturated heterocycles. The third-order valence-electron chi connectivity index (χ3n) is 7.01. The van der Waals surface area contributed by atoms with Gasteiger partial charge in [-0.05, 0) is 55.7 Å². The zero-order valence-electron chi connectivity index (χ0n) is 24.2. The number of ketones is 2. The first-order valence-corrected chi connectivity index (χ1v) is 14.1. The molecule has 40 heavy (non-hydrogen) atoms. The number of ether oxygens (including phenoxy) is 1. The number of benzene rings is 2. The number of hydrogen-bond donors (Lipinski definition) is 3. The average Bonchev–Trinajstić information content (AvgIpc) is 3.66. The van der Waals surface area contributed by atoms with E-state index in [0.29, 0.717) is 31.6 Å². The summed E-state index contributed by atoms with van der Waals surface area (Å²) in [5.74, 6) is -1.11. The van der Waals surface area contributed by atoms with Crippen molar-refractivity contribution in [3.05, 3.63) is 66.2 Å². The van der Waals surface area contributed by atoms with Gasteiger partial charge < -0.3 is 20.7 Å². The van der Waals surface area contributed by atoms with Crippen LogP contribution >= 0.6 is 0 Å². The van der Waals surface area contributed by atoms with Gasteiger partial charge in [-0.3, -0.25) is 14.4 Å². The third-order valence-corrected chi connectivity index (χ3v) is 7.01. The predicted octanol–water partition coefficient (Wildman–Crippen LogP) is 4.93. The van der Waals surface area contributed by atoms with Gasteiger partial charge in [0.15, 0.2) is 11.6 Å². The number of epoxide rings is 1. The van der Waals surface area contributed by atoms with Gasteiger partial charge in [0.1, 0.15) is 5.60 Å². The van der Waals surface area contributed by atoms with Crippen LogP contribution in [0.1, 0.15) is 59.4 Å². The second-order valence-electron chi connectivity index (χ2n) is 11.8. The van der Waals surface area contributed by atoms with Crippen molar-refractivity contribution in [3.8, 4) is 0 Å². The molecule has 4 atom stereocenters. The van der Waals surface area contributed by atoms with Crippen LogP contribution < -0.4 is 16.0 Å². The van der Waals surface area contributed by atoms with Crippen molar-refractivity contribution in [2.75, 3.05) is 11.9 Å². The van der Waals surface area contributed by atoms with Gasteiger partial charge in [-0.1, -0.05) is 76.2 Å². The Bertz CT molecular complexity index is 1150. The molecule has 3 N–H and O–H groups in total. The molecule has 8 heteroatoms. The number of para-hydroxylation sites is 1. The van der Waals surface area contributed by atoms with Crippen molar-refractivity contribution in [1.29, 1.82) is 0 Å². The maximum atomic E-state index is 13.7. The number of carbonyl (C=O) groups is 4. The number of amides is 3. The van der Waals surface area contributed by atoms with Crippen molar-refractivity contribution in [2.45, 2.75) is 78.0 Å². The van der Waals surface area contributed by atoms with Gasteiger partial charge in [0.05, 0.1) is 18.7 Å². The lowest BCUT2D eigenvalue weighted by atomic mass is 9.88. The van der Waals surface area contributed by atoms with E-state index < -0.39 is 29.6 Å². The molecular weight excluding hydrogens is 506 g/mol. The Balaban J connectivity index is 1.77. The van der Waals surface area contributed by atoms with Crippen LogP contribution in [0.5, 0.6) is 0 Å². The molecular formula is C32H43N3O5. The van der Waals surface area contributed by atoms with E-state index in [-0.39, 0.29) is 35.7 Å². The molecule has 3 rings (SSSR count). The molecule has 1 aliphatic heterocycles. The summed E-state index contributed by atoms with van der Waals surface area (Å²) >= 11 is 0. The Morgan fingerprint density at radius 2 is 1.38 bits per heavy atom. The first-order chi connectivity index (χ1) is 19.0. The van der Waals surface area contributed by atoms with Crippen LogP contribution in [0.15, 0.2) is 60.7 Å². The summed E-state index contributed by atoms with van der Waals surface area (Å²) in [5.41, 5.74) is 0.664. The van der Waals surface area contributed by atoms with E-state index in [1.54, 1.807) is 19.1 Å². The minimum absolute atomic E-state index is 0.0694. The lowest BCUT2D eigenvalue weighted by molar-refractivity contribution is -0.134. The molecule has 2 aromatic rings. The molecule has 0 bridgehead atoms. The Morgan fingerprint density at radius 3 is 1.93 bits per heavy atom. The SMILES string of the molecule is CC(C)C[C@H](NC(=O)Nc1ccccc1)C(=O)C[C@@H](Cc1ccccc1)C(=O)N[C@@H](CC(C)C)C(=O)[C@@]1(C)CO1. The van der Waals surface area contributed by atoms with E-state index in [9.17, 15) is 19.2 Å². The Labute approximate surface area is 237 Å². The fraction of sp³-hybridized carbons (Fsp3) is 0.500. The fourth-order valence-electron chi connectivity index (χ4n) is 4.74. The Morgan fingerprint density at radius 1 is 0.825 bits per heavy atom. The van der Waals surface area contributed by atoms with Gasteiger partial charge in [0, 0.05) is 18.0 Å². The van der Waals surface area contributed by atoms with E-state index in [0.717, 1.165) is 5.56 Å². The quantitative estimate of drug-likeness (QED) is 0.272. The number of hydrogen-bond acceptors (Lipinski definition) is 5. The van der Waals surface area contributed by atoms with Crippen LogP contribution in [0.3, 0.4) is 0 Å². The topological polar surface area (TPSA) is 117 Å². The Hall–Kier alpha value is -3.52. The second kappa shape index (κ2) is 14.2. The van der Waals surface area contributed by atoms with Crippen LogP contribution in [0.2, 0.25) is 0 Å². The zero-order valence-corrected chi connectivity index (χ0v) is 24.2. The molecule has 1 heterocycles. The molecule has 0 aromatic heterocycles. The molecule has 8 nitrogen and oxygen atoms in total. The summed E-state index contributed by atoms with van der Waals surface area (Å²) in [6.45, 7) is 10.0. The third kappa shape index (κ3) is 9.59. The first kappa shape index (κ1) is 31.0. The number of carbonyl (C=O) groups excluding carboxylic acids is 4. The van der Waals surface area contributed by atoms with Crippen LogP contribution in [-0.2, 0) is 25.5 Å². The molecule has 0 saturated carbocycles. The monoisotopic (exact) mass is 549 g/mol. The van der Waals surface area contributed by atoms with E-state index in [2.05, 4.69) is 16.0 Å². The number of urea groups is 1. The molecule has 0 spiro atoms. The van der Waals surface area contributed by atoms with Crippen LogP contribution in [0.4, 0.5) is 10.5 Å². The summed E-state index contributed by atoms with van der Waals surface area (Å²) in [6.07, 6.45) is 1.18. The lowest BCUT2D eigenvalue weighted by Crippen LogP contribution is -2.50. The maximum Gasteiger partial charge on any atom is 0.319 e. The molecule has 3 amide bonds. The maximum absolute atomic E-state index is 13.7. The van der Waals surface area contributed by atoms with E-state index in [1.165, 1.54) is 0 Å². The van der Waals surface area contributed by atoms with Crippen LogP contribution in [0.25, 0.3) is 0 Å². The molecule has 2 aromatic carbocycles. The number of anilines is 1. The largest absolute Gasteiger partial charge is 0.361 e. The highest BCUT2D eigenvalue weighted by atomic mass is 16.6. The number of nitrogens with one attached hydrogen (secondary N) is 3. The lowest BCUT2D eigenvalue weighted by Gasteiger charge is -2.26. The van der Waals surface area contributed by atoms with E-state index in [1.807, 2.05) is 76.2 Å². The van der Waals surface area contributed by atoms with Crippen molar-refractivity contribution >= 4 is 29.2 Å². The predicted molar refractivity (Wildman–Crippen MR) is 156 cm³/mol. The second-order valence-corrected chi connectivity index (χ2v) is 11.8. The molecule has 0 aliphatic carbocycles. The zero-order chi connectivity index (χ0) is 29.3. The van der Waals surface area contributed by atoms with Crippen molar-refractivity contribution in [2.24, 2.45) is 17.8 Å². The molecule has 0 radical (unpaired) electrons. The highest BCUT2D eigenvalue weighted by molar-refractivity contribution is 5.98.